The zero-order valence-corrected chi connectivity index (χ0v) is 14.3. The van der Waals surface area contributed by atoms with Crippen LogP contribution in [0.4, 0.5) is 10.2 Å². The van der Waals surface area contributed by atoms with Crippen molar-refractivity contribution in [2.45, 2.75) is 19.4 Å². The predicted molar refractivity (Wildman–Crippen MR) is 96.2 cm³/mol. The van der Waals surface area contributed by atoms with Crippen LogP contribution < -0.4 is 10.2 Å². The Morgan fingerprint density at radius 3 is 2.65 bits per heavy atom. The van der Waals surface area contributed by atoms with E-state index in [1.54, 1.807) is 24.5 Å². The SMILES string of the molecule is O=C(NCc1ccc(F)cc1)C1CCN(c2ccnc3ccnn23)CC1. The molecule has 0 unspecified atom stereocenters. The van der Waals surface area contributed by atoms with Crippen molar-refractivity contribution in [2.75, 3.05) is 18.0 Å². The van der Waals surface area contributed by atoms with E-state index in [1.807, 2.05) is 16.6 Å². The van der Waals surface area contributed by atoms with Crippen LogP contribution in [0.3, 0.4) is 0 Å². The van der Waals surface area contributed by atoms with E-state index in [0.29, 0.717) is 6.54 Å². The lowest BCUT2D eigenvalue weighted by Crippen LogP contribution is -2.41. The zero-order chi connectivity index (χ0) is 17.9. The minimum absolute atomic E-state index is 0.00153. The number of aromatic nitrogens is 3. The molecule has 0 radical (unpaired) electrons. The summed E-state index contributed by atoms with van der Waals surface area (Å²) >= 11 is 0. The Bertz CT molecular complexity index is 900. The third-order valence-electron chi connectivity index (χ3n) is 4.84. The van der Waals surface area contributed by atoms with Gasteiger partial charge in [0.05, 0.1) is 6.20 Å². The van der Waals surface area contributed by atoms with E-state index in [-0.39, 0.29) is 17.6 Å². The Balaban J connectivity index is 1.33. The lowest BCUT2D eigenvalue weighted by molar-refractivity contribution is -0.125. The van der Waals surface area contributed by atoms with Crippen molar-refractivity contribution >= 4 is 17.4 Å². The van der Waals surface area contributed by atoms with Crippen molar-refractivity contribution in [1.82, 2.24) is 19.9 Å². The lowest BCUT2D eigenvalue weighted by Gasteiger charge is -2.32. The molecule has 134 valence electrons. The van der Waals surface area contributed by atoms with Gasteiger partial charge in [0.15, 0.2) is 5.65 Å². The number of nitrogens with one attached hydrogen (secondary N) is 1. The van der Waals surface area contributed by atoms with Crippen LogP contribution in [0.1, 0.15) is 18.4 Å². The van der Waals surface area contributed by atoms with Gasteiger partial charge in [0.2, 0.25) is 5.91 Å². The van der Waals surface area contributed by atoms with E-state index in [2.05, 4.69) is 20.3 Å². The molecule has 1 amide bonds. The van der Waals surface area contributed by atoms with Gasteiger partial charge in [-0.05, 0) is 36.6 Å². The Morgan fingerprint density at radius 1 is 1.12 bits per heavy atom. The molecule has 1 aliphatic heterocycles. The van der Waals surface area contributed by atoms with Crippen molar-refractivity contribution in [3.8, 4) is 0 Å². The standard InChI is InChI=1S/C19H20FN5O/c20-16-3-1-14(2-4-16)13-22-19(26)15-7-11-24(12-8-15)18-6-9-21-17-5-10-23-25(17)18/h1-6,9-10,15H,7-8,11-13H2,(H,22,26). The molecule has 1 aliphatic rings. The first-order valence-electron chi connectivity index (χ1n) is 8.76. The lowest BCUT2D eigenvalue weighted by atomic mass is 9.96. The van der Waals surface area contributed by atoms with Gasteiger partial charge in [-0.15, -0.1) is 0 Å². The second-order valence-electron chi connectivity index (χ2n) is 6.51. The quantitative estimate of drug-likeness (QED) is 0.782. The number of anilines is 1. The van der Waals surface area contributed by atoms with Gasteiger partial charge in [-0.2, -0.15) is 9.61 Å². The van der Waals surface area contributed by atoms with Crippen LogP contribution >= 0.6 is 0 Å². The van der Waals surface area contributed by atoms with Gasteiger partial charge in [-0.1, -0.05) is 12.1 Å². The molecule has 4 rings (SSSR count). The van der Waals surface area contributed by atoms with Crippen LogP contribution in [-0.4, -0.2) is 33.6 Å². The number of amides is 1. The molecule has 0 saturated carbocycles. The summed E-state index contributed by atoms with van der Waals surface area (Å²) in [5, 5.41) is 7.28. The molecule has 1 saturated heterocycles. The van der Waals surface area contributed by atoms with Crippen LogP contribution in [0, 0.1) is 11.7 Å². The maximum atomic E-state index is 12.9. The first-order valence-corrected chi connectivity index (χ1v) is 8.76. The number of hydrogen-bond acceptors (Lipinski definition) is 4. The molecule has 3 heterocycles. The van der Waals surface area contributed by atoms with Crippen LogP contribution in [0.2, 0.25) is 0 Å². The number of rotatable bonds is 4. The highest BCUT2D eigenvalue weighted by Gasteiger charge is 2.26. The Hall–Kier alpha value is -2.96. The predicted octanol–water partition coefficient (Wildman–Crippen LogP) is 2.40. The van der Waals surface area contributed by atoms with Gasteiger partial charge >= 0.3 is 0 Å². The Morgan fingerprint density at radius 2 is 1.88 bits per heavy atom. The molecule has 26 heavy (non-hydrogen) atoms. The van der Waals surface area contributed by atoms with E-state index < -0.39 is 0 Å². The monoisotopic (exact) mass is 353 g/mol. The van der Waals surface area contributed by atoms with Crippen molar-refractivity contribution in [3.63, 3.8) is 0 Å². The van der Waals surface area contributed by atoms with Gasteiger partial charge in [-0.3, -0.25) is 4.79 Å². The average molecular weight is 353 g/mol. The fourth-order valence-electron chi connectivity index (χ4n) is 3.37. The van der Waals surface area contributed by atoms with E-state index in [1.165, 1.54) is 12.1 Å². The minimum Gasteiger partial charge on any atom is -0.356 e. The number of carbonyl (C=O) groups is 1. The number of hydrogen-bond donors (Lipinski definition) is 1. The summed E-state index contributed by atoms with van der Waals surface area (Å²) in [6.45, 7) is 2.03. The number of nitrogens with zero attached hydrogens (tertiary/aromatic N) is 4. The van der Waals surface area contributed by atoms with Crippen LogP contribution in [-0.2, 0) is 11.3 Å². The normalized spacial score (nSPS) is 15.3. The average Bonchev–Trinajstić information content (AvgIpc) is 3.16. The molecule has 0 aliphatic carbocycles. The maximum Gasteiger partial charge on any atom is 0.223 e. The Labute approximate surface area is 150 Å². The van der Waals surface area contributed by atoms with E-state index in [0.717, 1.165) is 43.0 Å². The van der Waals surface area contributed by atoms with Crippen LogP contribution in [0.25, 0.3) is 5.65 Å². The molecule has 2 aromatic heterocycles. The molecule has 1 aromatic carbocycles. The smallest absolute Gasteiger partial charge is 0.223 e. The number of benzene rings is 1. The summed E-state index contributed by atoms with van der Waals surface area (Å²) in [4.78, 5) is 18.9. The van der Waals surface area contributed by atoms with E-state index in [9.17, 15) is 9.18 Å². The Kier molecular flexibility index (Phi) is 4.51. The molecule has 6 nitrogen and oxygen atoms in total. The van der Waals surface area contributed by atoms with Crippen LogP contribution in [0.5, 0.6) is 0 Å². The summed E-state index contributed by atoms with van der Waals surface area (Å²) in [5.74, 6) is 0.801. The first-order chi connectivity index (χ1) is 12.7. The molecule has 0 atom stereocenters. The molecular weight excluding hydrogens is 333 g/mol. The largest absolute Gasteiger partial charge is 0.356 e. The van der Waals surface area contributed by atoms with Crippen molar-refractivity contribution in [3.05, 3.63) is 60.2 Å². The minimum atomic E-state index is -0.269. The first kappa shape index (κ1) is 16.5. The molecule has 0 bridgehead atoms. The zero-order valence-electron chi connectivity index (χ0n) is 14.3. The van der Waals surface area contributed by atoms with Gasteiger partial charge in [0, 0.05) is 37.8 Å². The second-order valence-corrected chi connectivity index (χ2v) is 6.51. The molecule has 1 fully saturated rings. The third-order valence-corrected chi connectivity index (χ3v) is 4.84. The molecular formula is C19H20FN5O. The van der Waals surface area contributed by atoms with Crippen molar-refractivity contribution in [1.29, 1.82) is 0 Å². The van der Waals surface area contributed by atoms with Gasteiger partial charge in [-0.25, -0.2) is 9.37 Å². The molecule has 1 N–H and O–H groups in total. The summed E-state index contributed by atoms with van der Waals surface area (Å²) < 4.78 is 14.8. The van der Waals surface area contributed by atoms with E-state index in [4.69, 9.17) is 0 Å². The summed E-state index contributed by atoms with van der Waals surface area (Å²) in [6.07, 6.45) is 5.11. The molecule has 0 spiro atoms. The fourth-order valence-corrected chi connectivity index (χ4v) is 3.37. The molecule has 3 aromatic rings. The highest BCUT2D eigenvalue weighted by molar-refractivity contribution is 5.79. The number of carbonyl (C=O) groups excluding carboxylic acids is 1. The van der Waals surface area contributed by atoms with Crippen molar-refractivity contribution < 1.29 is 9.18 Å². The topological polar surface area (TPSA) is 62.5 Å². The number of fused-ring (bicyclic) bond motifs is 1. The summed E-state index contributed by atoms with van der Waals surface area (Å²) in [6, 6.07) is 10.0. The summed E-state index contributed by atoms with van der Waals surface area (Å²) in [7, 11) is 0. The third kappa shape index (κ3) is 3.37. The molecule has 7 heteroatoms. The number of halogens is 1. The van der Waals surface area contributed by atoms with Crippen LogP contribution in [0.15, 0.2) is 48.8 Å². The van der Waals surface area contributed by atoms with Gasteiger partial charge < -0.3 is 10.2 Å². The number of piperidine rings is 1. The van der Waals surface area contributed by atoms with Gasteiger partial charge in [0.1, 0.15) is 11.6 Å². The highest BCUT2D eigenvalue weighted by atomic mass is 19.1. The summed E-state index contributed by atoms with van der Waals surface area (Å²) in [5.41, 5.74) is 1.72. The van der Waals surface area contributed by atoms with E-state index >= 15 is 0 Å². The van der Waals surface area contributed by atoms with Gasteiger partial charge in [0.25, 0.3) is 0 Å². The van der Waals surface area contributed by atoms with Crippen molar-refractivity contribution in [2.24, 2.45) is 5.92 Å². The fraction of sp³-hybridized carbons (Fsp3) is 0.316. The second kappa shape index (κ2) is 7.11. The highest BCUT2D eigenvalue weighted by Crippen LogP contribution is 2.23. The maximum absolute atomic E-state index is 12.9.